The van der Waals surface area contributed by atoms with Gasteiger partial charge in [0.25, 0.3) is 6.43 Å². The quantitative estimate of drug-likeness (QED) is 0.457. The molecule has 0 saturated heterocycles. The zero-order valence-corrected chi connectivity index (χ0v) is 6.35. The fraction of sp³-hybridized carbons (Fsp3) is 0.714. The molecule has 0 fully saturated rings. The van der Waals surface area contributed by atoms with Gasteiger partial charge in [0.1, 0.15) is 6.10 Å². The summed E-state index contributed by atoms with van der Waals surface area (Å²) in [6.45, 7) is 2.17. The number of halogens is 4. The smallest absolute Gasteiger partial charge is 0.273 e. The Kier molecular flexibility index (Phi) is 5.49. The van der Waals surface area contributed by atoms with Crippen LogP contribution in [0.5, 0.6) is 0 Å². The van der Waals surface area contributed by atoms with Crippen molar-refractivity contribution in [1.29, 1.82) is 0 Å². The molecule has 0 aliphatic carbocycles. The van der Waals surface area contributed by atoms with Crippen molar-refractivity contribution >= 4 is 0 Å². The van der Waals surface area contributed by atoms with Gasteiger partial charge in [0, 0.05) is 6.42 Å². The van der Waals surface area contributed by atoms with E-state index < -0.39 is 31.8 Å². The molecule has 1 nitrogen and oxygen atoms in total. The van der Waals surface area contributed by atoms with E-state index in [1.807, 2.05) is 0 Å². The van der Waals surface area contributed by atoms with Crippen molar-refractivity contribution in [2.24, 2.45) is 0 Å². The number of ether oxygens (including phenoxy) is 1. The van der Waals surface area contributed by atoms with Gasteiger partial charge < -0.3 is 4.74 Å². The summed E-state index contributed by atoms with van der Waals surface area (Å²) in [7, 11) is 0. The van der Waals surface area contributed by atoms with Gasteiger partial charge in [-0.05, 0) is 0 Å². The molecule has 0 saturated carbocycles. The fourth-order valence-corrected chi connectivity index (χ4v) is 0.696. The summed E-state index contributed by atoms with van der Waals surface area (Å²) >= 11 is 0. The molecular weight excluding hydrogens is 176 g/mol. The zero-order valence-electron chi connectivity index (χ0n) is 6.35. The Morgan fingerprint density at radius 3 is 2.25 bits per heavy atom. The second-order valence-corrected chi connectivity index (χ2v) is 2.10. The highest BCUT2D eigenvalue weighted by Gasteiger charge is 2.30. The van der Waals surface area contributed by atoms with Gasteiger partial charge >= 0.3 is 0 Å². The lowest BCUT2D eigenvalue weighted by molar-refractivity contribution is -0.0392. The first-order valence-electron chi connectivity index (χ1n) is 3.38. The van der Waals surface area contributed by atoms with Crippen LogP contribution in [0, 0.1) is 0 Å². The lowest BCUT2D eigenvalue weighted by atomic mass is 10.2. The predicted molar refractivity (Wildman–Crippen MR) is 36.6 cm³/mol. The minimum atomic E-state index is -3.15. The highest BCUT2D eigenvalue weighted by molar-refractivity contribution is 4.73. The summed E-state index contributed by atoms with van der Waals surface area (Å²) in [5.41, 5.74) is 0. The van der Waals surface area contributed by atoms with E-state index in [-0.39, 0.29) is 0 Å². The molecule has 0 rings (SSSR count). The van der Waals surface area contributed by atoms with E-state index in [2.05, 4.69) is 11.3 Å². The van der Waals surface area contributed by atoms with Crippen LogP contribution in [0.15, 0.2) is 12.8 Å². The average molecular weight is 186 g/mol. The molecule has 5 heteroatoms. The molecule has 0 radical (unpaired) electrons. The normalized spacial score (nSPS) is 15.8. The van der Waals surface area contributed by atoms with Crippen molar-refractivity contribution in [3.05, 3.63) is 12.8 Å². The van der Waals surface area contributed by atoms with Gasteiger partial charge in [0.05, 0.1) is 12.9 Å². The minimum Gasteiger partial charge on any atom is -0.495 e. The summed E-state index contributed by atoms with van der Waals surface area (Å²) in [5.74, 6) is 0. The van der Waals surface area contributed by atoms with Crippen molar-refractivity contribution in [1.82, 2.24) is 0 Å². The Balaban J connectivity index is 3.98. The van der Waals surface area contributed by atoms with Crippen LogP contribution in [0.25, 0.3) is 0 Å². The number of alkyl halides is 4. The Morgan fingerprint density at radius 2 is 1.92 bits per heavy atom. The molecular formula is C7H10F4O. The van der Waals surface area contributed by atoms with E-state index in [0.717, 1.165) is 6.26 Å². The molecule has 0 heterocycles. The van der Waals surface area contributed by atoms with Gasteiger partial charge in [0.2, 0.25) is 0 Å². The first-order valence-corrected chi connectivity index (χ1v) is 3.38. The SMILES string of the molecule is C=COC(CCF)C(F)C(F)F. The van der Waals surface area contributed by atoms with Crippen molar-refractivity contribution < 1.29 is 22.3 Å². The van der Waals surface area contributed by atoms with Crippen LogP contribution in [0.3, 0.4) is 0 Å². The van der Waals surface area contributed by atoms with Crippen LogP contribution >= 0.6 is 0 Å². The molecule has 0 aromatic rings. The lowest BCUT2D eigenvalue weighted by Gasteiger charge is -2.18. The standard InChI is InChI=1S/C7H10F4O/c1-2-12-5(3-4-8)6(9)7(10)11/h2,5-7H,1,3-4H2. The zero-order chi connectivity index (χ0) is 9.56. The van der Waals surface area contributed by atoms with Crippen molar-refractivity contribution in [3.63, 3.8) is 0 Å². The molecule has 0 aliphatic rings. The average Bonchev–Trinajstić information content (AvgIpc) is 2.03. The Hall–Kier alpha value is -0.740. The van der Waals surface area contributed by atoms with Crippen molar-refractivity contribution in [2.45, 2.75) is 25.1 Å². The first kappa shape index (κ1) is 11.3. The number of rotatable bonds is 6. The van der Waals surface area contributed by atoms with Crippen LogP contribution in [0.4, 0.5) is 17.6 Å². The molecule has 0 aliphatic heterocycles. The second-order valence-electron chi connectivity index (χ2n) is 2.10. The predicted octanol–water partition coefficient (Wildman–Crippen LogP) is 2.48. The highest BCUT2D eigenvalue weighted by Crippen LogP contribution is 2.16. The molecule has 0 N–H and O–H groups in total. The van der Waals surface area contributed by atoms with Crippen LogP contribution in [-0.4, -0.2) is 25.4 Å². The topological polar surface area (TPSA) is 9.23 Å². The Morgan fingerprint density at radius 1 is 1.33 bits per heavy atom. The maximum atomic E-state index is 12.5. The Bertz CT molecular complexity index is 129. The summed E-state index contributed by atoms with van der Waals surface area (Å²) in [4.78, 5) is 0. The van der Waals surface area contributed by atoms with Gasteiger partial charge in [0.15, 0.2) is 6.17 Å². The third-order valence-corrected chi connectivity index (χ3v) is 1.26. The molecule has 0 aromatic carbocycles. The molecule has 0 amide bonds. The highest BCUT2D eigenvalue weighted by atomic mass is 19.3. The minimum absolute atomic E-state index is 0.391. The summed E-state index contributed by atoms with van der Waals surface area (Å²) in [5, 5.41) is 0. The lowest BCUT2D eigenvalue weighted by Crippen LogP contribution is -2.30. The number of hydrogen-bond acceptors (Lipinski definition) is 1. The monoisotopic (exact) mass is 186 g/mol. The fourth-order valence-electron chi connectivity index (χ4n) is 0.696. The van der Waals surface area contributed by atoms with E-state index in [0.29, 0.717) is 0 Å². The molecule has 12 heavy (non-hydrogen) atoms. The second kappa shape index (κ2) is 5.85. The third kappa shape index (κ3) is 3.59. The van der Waals surface area contributed by atoms with E-state index in [9.17, 15) is 17.6 Å². The molecule has 2 unspecified atom stereocenters. The summed E-state index contributed by atoms with van der Waals surface area (Å²) in [6, 6.07) is 0. The van der Waals surface area contributed by atoms with Crippen LogP contribution in [-0.2, 0) is 4.74 Å². The molecule has 2 atom stereocenters. The van der Waals surface area contributed by atoms with Crippen molar-refractivity contribution in [2.75, 3.05) is 6.67 Å². The van der Waals surface area contributed by atoms with Crippen molar-refractivity contribution in [3.8, 4) is 0 Å². The molecule has 0 aromatic heterocycles. The molecule has 0 spiro atoms. The van der Waals surface area contributed by atoms with Gasteiger partial charge in [-0.3, -0.25) is 4.39 Å². The maximum Gasteiger partial charge on any atom is 0.273 e. The maximum absolute atomic E-state index is 12.5. The molecule has 72 valence electrons. The van der Waals surface area contributed by atoms with E-state index in [1.165, 1.54) is 0 Å². The van der Waals surface area contributed by atoms with E-state index >= 15 is 0 Å². The molecule has 0 bridgehead atoms. The third-order valence-electron chi connectivity index (χ3n) is 1.26. The van der Waals surface area contributed by atoms with Gasteiger partial charge in [-0.25, -0.2) is 13.2 Å². The van der Waals surface area contributed by atoms with E-state index in [1.54, 1.807) is 0 Å². The van der Waals surface area contributed by atoms with Crippen LogP contribution < -0.4 is 0 Å². The van der Waals surface area contributed by atoms with E-state index in [4.69, 9.17) is 0 Å². The van der Waals surface area contributed by atoms with Crippen LogP contribution in [0.1, 0.15) is 6.42 Å². The van der Waals surface area contributed by atoms with Crippen LogP contribution in [0.2, 0.25) is 0 Å². The number of hydrogen-bond donors (Lipinski definition) is 0. The van der Waals surface area contributed by atoms with Gasteiger partial charge in [-0.2, -0.15) is 0 Å². The van der Waals surface area contributed by atoms with Gasteiger partial charge in [-0.15, -0.1) is 0 Å². The largest absolute Gasteiger partial charge is 0.495 e. The summed E-state index contributed by atoms with van der Waals surface area (Å²) in [6.07, 6.45) is -6.61. The first-order chi connectivity index (χ1) is 5.63. The summed E-state index contributed by atoms with van der Waals surface area (Å²) < 4.78 is 51.9. The van der Waals surface area contributed by atoms with Gasteiger partial charge in [-0.1, -0.05) is 6.58 Å². The Labute approximate surface area is 68.0 Å².